The summed E-state index contributed by atoms with van der Waals surface area (Å²) < 4.78 is 5.12. The van der Waals surface area contributed by atoms with Crippen molar-refractivity contribution in [1.29, 1.82) is 0 Å². The average Bonchev–Trinajstić information content (AvgIpc) is 2.48. The lowest BCUT2D eigenvalue weighted by Gasteiger charge is -1.99. The van der Waals surface area contributed by atoms with Gasteiger partial charge in [0.25, 0.3) is 5.91 Å². The summed E-state index contributed by atoms with van der Waals surface area (Å²) in [4.78, 5) is 14.9. The van der Waals surface area contributed by atoms with Gasteiger partial charge < -0.3 is 4.74 Å². The summed E-state index contributed by atoms with van der Waals surface area (Å²) >= 11 is 0. The average molecular weight is 175 g/mol. The normalized spacial score (nSPS) is 13.2. The number of fused-ring (bicyclic) bond motifs is 1. The molecule has 66 valence electrons. The van der Waals surface area contributed by atoms with Crippen LogP contribution in [-0.2, 0) is 4.79 Å². The quantitative estimate of drug-likeness (QED) is 0.600. The van der Waals surface area contributed by atoms with E-state index in [0.29, 0.717) is 5.75 Å². The molecule has 1 amide bonds. The summed E-state index contributed by atoms with van der Waals surface area (Å²) in [6.45, 7) is 1.92. The van der Waals surface area contributed by atoms with Crippen LogP contribution in [0.5, 0.6) is 5.75 Å². The molecule has 0 saturated heterocycles. The SMILES string of the molecule is COc1ccc(C)c2c1=CC(=O)N=2. The first-order chi connectivity index (χ1) is 6.22. The molecule has 0 N–H and O–H groups in total. The van der Waals surface area contributed by atoms with Crippen LogP contribution in [0.2, 0.25) is 0 Å². The van der Waals surface area contributed by atoms with Crippen molar-refractivity contribution in [2.45, 2.75) is 6.92 Å². The number of benzene rings is 1. The number of methoxy groups -OCH3 is 1. The van der Waals surface area contributed by atoms with Crippen molar-refractivity contribution in [3.05, 3.63) is 28.3 Å². The van der Waals surface area contributed by atoms with Crippen LogP contribution in [0.3, 0.4) is 0 Å². The summed E-state index contributed by atoms with van der Waals surface area (Å²) in [6.07, 6.45) is 1.50. The lowest BCUT2D eigenvalue weighted by Crippen LogP contribution is -2.25. The van der Waals surface area contributed by atoms with E-state index in [1.165, 1.54) is 6.08 Å². The molecule has 1 aromatic carbocycles. The van der Waals surface area contributed by atoms with Crippen molar-refractivity contribution in [2.75, 3.05) is 7.11 Å². The Bertz CT molecular complexity index is 488. The molecule has 0 radical (unpaired) electrons. The van der Waals surface area contributed by atoms with Crippen molar-refractivity contribution < 1.29 is 9.53 Å². The molecule has 1 aliphatic rings. The van der Waals surface area contributed by atoms with Gasteiger partial charge in [0.2, 0.25) is 0 Å². The molecule has 0 saturated carbocycles. The minimum absolute atomic E-state index is 0.206. The first-order valence-electron chi connectivity index (χ1n) is 4.00. The molecular formula is C10H9NO2. The molecule has 3 heteroatoms. The van der Waals surface area contributed by atoms with E-state index in [4.69, 9.17) is 4.74 Å². The number of rotatable bonds is 1. The van der Waals surface area contributed by atoms with E-state index >= 15 is 0 Å². The van der Waals surface area contributed by atoms with E-state index in [1.807, 2.05) is 19.1 Å². The number of nitrogens with zero attached hydrogens (tertiary/aromatic N) is 1. The van der Waals surface area contributed by atoms with Gasteiger partial charge in [-0.1, -0.05) is 6.07 Å². The molecule has 1 aromatic rings. The van der Waals surface area contributed by atoms with Crippen LogP contribution in [0, 0.1) is 6.92 Å². The number of carbonyl (C=O) groups excluding carboxylic acids is 1. The molecule has 13 heavy (non-hydrogen) atoms. The lowest BCUT2D eigenvalue weighted by molar-refractivity contribution is -0.112. The molecule has 0 bridgehead atoms. The molecule has 1 aliphatic heterocycles. The summed E-state index contributed by atoms with van der Waals surface area (Å²) in [7, 11) is 1.58. The van der Waals surface area contributed by atoms with Gasteiger partial charge in [-0.3, -0.25) is 4.79 Å². The third-order valence-corrected chi connectivity index (χ3v) is 2.09. The molecule has 0 fully saturated rings. The van der Waals surface area contributed by atoms with Crippen LogP contribution in [0.15, 0.2) is 17.1 Å². The number of hydrogen-bond donors (Lipinski definition) is 0. The fourth-order valence-electron chi connectivity index (χ4n) is 1.43. The van der Waals surface area contributed by atoms with Crippen molar-refractivity contribution in [2.24, 2.45) is 4.99 Å². The number of aryl methyl sites for hydroxylation is 1. The zero-order valence-electron chi connectivity index (χ0n) is 7.50. The maximum Gasteiger partial charge on any atom is 0.271 e. The highest BCUT2D eigenvalue weighted by molar-refractivity contribution is 6.06. The molecule has 3 nitrogen and oxygen atoms in total. The Labute approximate surface area is 75.4 Å². The van der Waals surface area contributed by atoms with Gasteiger partial charge in [-0.2, -0.15) is 0 Å². The maximum absolute atomic E-state index is 11.0. The topological polar surface area (TPSA) is 38.7 Å². The fourth-order valence-corrected chi connectivity index (χ4v) is 1.43. The standard InChI is InChI=1S/C10H9NO2/c1-6-3-4-8(13-2)7-5-9(12)11-10(6)7/h3-5H,1-2H3. The van der Waals surface area contributed by atoms with Crippen LogP contribution in [0.25, 0.3) is 6.08 Å². The Balaban J connectivity index is 2.89. The lowest BCUT2D eigenvalue weighted by atomic mass is 10.2. The molecule has 0 spiro atoms. The predicted molar refractivity (Wildman–Crippen MR) is 48.0 cm³/mol. The van der Waals surface area contributed by atoms with E-state index in [1.54, 1.807) is 7.11 Å². The van der Waals surface area contributed by atoms with Crippen molar-refractivity contribution in [1.82, 2.24) is 0 Å². The van der Waals surface area contributed by atoms with Gasteiger partial charge in [0.15, 0.2) is 0 Å². The molecular weight excluding hydrogens is 166 g/mol. The fraction of sp³-hybridized carbons (Fsp3) is 0.200. The monoisotopic (exact) mass is 175 g/mol. The molecule has 2 rings (SSSR count). The van der Waals surface area contributed by atoms with Gasteiger partial charge >= 0.3 is 0 Å². The third kappa shape index (κ3) is 1.13. The van der Waals surface area contributed by atoms with Gasteiger partial charge in [-0.05, 0) is 18.6 Å². The summed E-state index contributed by atoms with van der Waals surface area (Å²) in [6, 6.07) is 3.74. The Morgan fingerprint density at radius 3 is 2.85 bits per heavy atom. The second kappa shape index (κ2) is 2.69. The second-order valence-electron chi connectivity index (χ2n) is 2.94. The predicted octanol–water partition coefficient (Wildman–Crippen LogP) is -0.0561. The van der Waals surface area contributed by atoms with Crippen molar-refractivity contribution >= 4 is 12.0 Å². The Morgan fingerprint density at radius 2 is 2.15 bits per heavy atom. The zero-order valence-corrected chi connectivity index (χ0v) is 7.50. The summed E-state index contributed by atoms with van der Waals surface area (Å²) in [5.74, 6) is 0.498. The number of hydrogen-bond acceptors (Lipinski definition) is 2. The molecule has 0 unspecified atom stereocenters. The third-order valence-electron chi connectivity index (χ3n) is 2.09. The Kier molecular flexibility index (Phi) is 1.65. The smallest absolute Gasteiger partial charge is 0.271 e. The zero-order chi connectivity index (χ0) is 9.42. The van der Waals surface area contributed by atoms with E-state index in [0.717, 1.165) is 16.1 Å². The van der Waals surface area contributed by atoms with E-state index in [-0.39, 0.29) is 5.91 Å². The van der Waals surface area contributed by atoms with Crippen LogP contribution in [-0.4, -0.2) is 13.0 Å². The first-order valence-corrected chi connectivity index (χ1v) is 4.00. The van der Waals surface area contributed by atoms with Crippen LogP contribution < -0.4 is 15.3 Å². The van der Waals surface area contributed by atoms with Gasteiger partial charge in [0.05, 0.1) is 12.5 Å². The largest absolute Gasteiger partial charge is 0.496 e. The number of ether oxygens (including phenoxy) is 1. The van der Waals surface area contributed by atoms with E-state index < -0.39 is 0 Å². The first kappa shape index (κ1) is 7.98. The maximum atomic E-state index is 11.0. The second-order valence-corrected chi connectivity index (χ2v) is 2.94. The molecule has 0 aromatic heterocycles. The van der Waals surface area contributed by atoms with Crippen molar-refractivity contribution in [3.8, 4) is 5.75 Å². The van der Waals surface area contributed by atoms with Crippen LogP contribution in [0.4, 0.5) is 0 Å². The molecule has 0 atom stereocenters. The van der Waals surface area contributed by atoms with Crippen LogP contribution >= 0.6 is 0 Å². The molecule has 0 aliphatic carbocycles. The van der Waals surface area contributed by atoms with Gasteiger partial charge in [0.1, 0.15) is 5.75 Å². The highest BCUT2D eigenvalue weighted by Crippen LogP contribution is 2.02. The van der Waals surface area contributed by atoms with Crippen molar-refractivity contribution in [3.63, 3.8) is 0 Å². The van der Waals surface area contributed by atoms with E-state index in [2.05, 4.69) is 4.99 Å². The van der Waals surface area contributed by atoms with Crippen LogP contribution in [0.1, 0.15) is 5.56 Å². The Morgan fingerprint density at radius 1 is 1.38 bits per heavy atom. The minimum Gasteiger partial charge on any atom is -0.496 e. The van der Waals surface area contributed by atoms with E-state index in [9.17, 15) is 4.79 Å². The molecule has 1 heterocycles. The highest BCUT2D eigenvalue weighted by Gasteiger charge is 2.09. The van der Waals surface area contributed by atoms with Gasteiger partial charge in [-0.15, -0.1) is 0 Å². The van der Waals surface area contributed by atoms with Gasteiger partial charge in [0, 0.05) is 11.3 Å². The Hall–Kier alpha value is -1.64. The number of amides is 1. The highest BCUT2D eigenvalue weighted by atomic mass is 16.5. The van der Waals surface area contributed by atoms with Gasteiger partial charge in [-0.25, -0.2) is 4.99 Å². The summed E-state index contributed by atoms with van der Waals surface area (Å²) in [5.41, 5.74) is 0.998. The minimum atomic E-state index is -0.206. The summed E-state index contributed by atoms with van der Waals surface area (Å²) in [5, 5.41) is 1.54. The number of carbonyl (C=O) groups is 1.